The average molecular weight is 295 g/mol. The van der Waals surface area contributed by atoms with E-state index >= 15 is 0 Å². The molecule has 0 bridgehead atoms. The summed E-state index contributed by atoms with van der Waals surface area (Å²) >= 11 is 1.98. The topological polar surface area (TPSA) is 21.3 Å². The summed E-state index contributed by atoms with van der Waals surface area (Å²) in [4.78, 5) is 3.02. The van der Waals surface area contributed by atoms with Gasteiger partial charge in [0.05, 0.1) is 6.10 Å². The molecule has 2 heterocycles. The van der Waals surface area contributed by atoms with Gasteiger partial charge in [-0.3, -0.25) is 0 Å². The first kappa shape index (κ1) is 16.0. The second kappa shape index (κ2) is 8.81. The molecule has 20 heavy (non-hydrogen) atoms. The van der Waals surface area contributed by atoms with Gasteiger partial charge in [0.1, 0.15) is 0 Å². The highest BCUT2D eigenvalue weighted by Gasteiger charge is 2.20. The van der Waals surface area contributed by atoms with Crippen molar-refractivity contribution in [2.24, 2.45) is 0 Å². The van der Waals surface area contributed by atoms with Crippen LogP contribution in [0.1, 0.15) is 55.7 Å². The first-order valence-electron chi connectivity index (χ1n) is 8.24. The minimum atomic E-state index is 0.476. The number of thiophene rings is 1. The third-order valence-electron chi connectivity index (χ3n) is 4.02. The van der Waals surface area contributed by atoms with Gasteiger partial charge in [-0.15, -0.1) is 11.3 Å². The molecule has 1 saturated heterocycles. The fraction of sp³-hybridized carbons (Fsp3) is 0.765. The van der Waals surface area contributed by atoms with E-state index in [4.69, 9.17) is 4.74 Å². The van der Waals surface area contributed by atoms with Gasteiger partial charge in [-0.1, -0.05) is 13.8 Å². The molecule has 0 spiro atoms. The Bertz CT molecular complexity index is 371. The van der Waals surface area contributed by atoms with Crippen molar-refractivity contribution in [2.45, 2.75) is 70.9 Å². The third kappa shape index (κ3) is 5.19. The van der Waals surface area contributed by atoms with Crippen LogP contribution in [0.3, 0.4) is 0 Å². The van der Waals surface area contributed by atoms with Crippen molar-refractivity contribution in [3.8, 4) is 0 Å². The molecule has 2 rings (SSSR count). The Morgan fingerprint density at radius 2 is 2.15 bits per heavy atom. The maximum Gasteiger partial charge on any atom is 0.0590 e. The molecule has 1 aliphatic rings. The van der Waals surface area contributed by atoms with Crippen LogP contribution in [0, 0.1) is 0 Å². The maximum atomic E-state index is 5.92. The van der Waals surface area contributed by atoms with E-state index < -0.39 is 0 Å². The van der Waals surface area contributed by atoms with Gasteiger partial charge in [-0.05, 0) is 63.6 Å². The Morgan fingerprint density at radius 1 is 1.30 bits per heavy atom. The smallest absolute Gasteiger partial charge is 0.0590 e. The number of hydrogen-bond donors (Lipinski definition) is 1. The predicted molar refractivity (Wildman–Crippen MR) is 87.7 cm³/mol. The largest absolute Gasteiger partial charge is 0.378 e. The fourth-order valence-electron chi connectivity index (χ4n) is 2.86. The van der Waals surface area contributed by atoms with Crippen LogP contribution in [0.4, 0.5) is 0 Å². The second-order valence-corrected chi connectivity index (χ2v) is 7.05. The van der Waals surface area contributed by atoms with Crippen molar-refractivity contribution in [3.63, 3.8) is 0 Å². The third-order valence-corrected chi connectivity index (χ3v) is 5.27. The zero-order valence-corrected chi connectivity index (χ0v) is 13.8. The van der Waals surface area contributed by atoms with Gasteiger partial charge in [-0.2, -0.15) is 0 Å². The van der Waals surface area contributed by atoms with Crippen molar-refractivity contribution in [1.82, 2.24) is 5.32 Å². The van der Waals surface area contributed by atoms with Crippen LogP contribution in [-0.2, 0) is 17.6 Å². The zero-order chi connectivity index (χ0) is 14.2. The zero-order valence-electron chi connectivity index (χ0n) is 13.0. The molecule has 0 radical (unpaired) electrons. The first-order valence-corrected chi connectivity index (χ1v) is 9.06. The highest BCUT2D eigenvalue weighted by atomic mass is 32.1. The molecule has 1 aromatic heterocycles. The van der Waals surface area contributed by atoms with Crippen LogP contribution in [0.5, 0.6) is 0 Å². The summed E-state index contributed by atoms with van der Waals surface area (Å²) in [5.74, 6) is 0. The minimum absolute atomic E-state index is 0.476. The van der Waals surface area contributed by atoms with Crippen LogP contribution < -0.4 is 5.32 Å². The van der Waals surface area contributed by atoms with Gasteiger partial charge >= 0.3 is 0 Å². The number of nitrogens with one attached hydrogen (secondary N) is 1. The predicted octanol–water partition coefficient (Wildman–Crippen LogP) is 4.18. The van der Waals surface area contributed by atoms with E-state index in [0.29, 0.717) is 12.1 Å². The lowest BCUT2D eigenvalue weighted by Crippen LogP contribution is -2.36. The summed E-state index contributed by atoms with van der Waals surface area (Å²) in [6, 6.07) is 5.17. The van der Waals surface area contributed by atoms with Crippen LogP contribution in [0.2, 0.25) is 0 Å². The summed E-state index contributed by atoms with van der Waals surface area (Å²) in [6.45, 7) is 6.55. The average Bonchev–Trinajstić information content (AvgIpc) is 2.93. The van der Waals surface area contributed by atoms with E-state index in [1.807, 2.05) is 11.3 Å². The van der Waals surface area contributed by atoms with Crippen LogP contribution in [0.15, 0.2) is 12.1 Å². The number of ether oxygens (including phenoxy) is 1. The molecular formula is C17H29NOS. The normalized spacial score (nSPS) is 21.0. The SMILES string of the molecule is CCCNC(Cc1ccc(CC)s1)CC1CCCCO1. The number of rotatable bonds is 8. The molecular weight excluding hydrogens is 266 g/mol. The fourth-order valence-corrected chi connectivity index (χ4v) is 3.90. The highest BCUT2D eigenvalue weighted by molar-refractivity contribution is 7.11. The Hall–Kier alpha value is -0.380. The van der Waals surface area contributed by atoms with Crippen LogP contribution in [0.25, 0.3) is 0 Å². The number of hydrogen-bond acceptors (Lipinski definition) is 3. The summed E-state index contributed by atoms with van der Waals surface area (Å²) in [5.41, 5.74) is 0. The molecule has 1 aromatic rings. The molecule has 1 aliphatic heterocycles. The highest BCUT2D eigenvalue weighted by Crippen LogP contribution is 2.22. The van der Waals surface area contributed by atoms with E-state index in [1.165, 1.54) is 41.9 Å². The lowest BCUT2D eigenvalue weighted by Gasteiger charge is -2.27. The van der Waals surface area contributed by atoms with Gasteiger partial charge in [0.2, 0.25) is 0 Å². The van der Waals surface area contributed by atoms with E-state index in [9.17, 15) is 0 Å². The minimum Gasteiger partial charge on any atom is -0.378 e. The molecule has 1 N–H and O–H groups in total. The number of aryl methyl sites for hydroxylation is 1. The lowest BCUT2D eigenvalue weighted by atomic mass is 9.99. The van der Waals surface area contributed by atoms with E-state index in [-0.39, 0.29) is 0 Å². The van der Waals surface area contributed by atoms with Crippen molar-refractivity contribution in [1.29, 1.82) is 0 Å². The molecule has 0 amide bonds. The summed E-state index contributed by atoms with van der Waals surface area (Å²) in [5, 5.41) is 3.72. The van der Waals surface area contributed by atoms with Crippen molar-refractivity contribution in [2.75, 3.05) is 13.2 Å². The molecule has 0 aromatic carbocycles. The van der Waals surface area contributed by atoms with E-state index in [1.54, 1.807) is 0 Å². The van der Waals surface area contributed by atoms with Crippen LogP contribution >= 0.6 is 11.3 Å². The molecule has 2 unspecified atom stereocenters. The summed E-state index contributed by atoms with van der Waals surface area (Å²) in [6.07, 6.45) is 8.98. The molecule has 3 heteroatoms. The lowest BCUT2D eigenvalue weighted by molar-refractivity contribution is 0.00531. The van der Waals surface area contributed by atoms with Gasteiger partial charge in [0, 0.05) is 22.4 Å². The standard InChI is InChI=1S/C17H29NOS/c1-3-10-18-14(12-15-7-5-6-11-19-15)13-17-9-8-16(4-2)20-17/h8-9,14-15,18H,3-7,10-13H2,1-2H3. The van der Waals surface area contributed by atoms with E-state index in [0.717, 1.165) is 26.0 Å². The first-order chi connectivity index (χ1) is 9.81. The van der Waals surface area contributed by atoms with Crippen molar-refractivity contribution in [3.05, 3.63) is 21.9 Å². The monoisotopic (exact) mass is 295 g/mol. The summed E-state index contributed by atoms with van der Waals surface area (Å²) in [7, 11) is 0. The molecule has 1 fully saturated rings. The Morgan fingerprint density at radius 3 is 2.80 bits per heavy atom. The molecule has 0 saturated carbocycles. The molecule has 2 nitrogen and oxygen atoms in total. The van der Waals surface area contributed by atoms with Gasteiger partial charge in [0.25, 0.3) is 0 Å². The summed E-state index contributed by atoms with van der Waals surface area (Å²) < 4.78 is 5.92. The van der Waals surface area contributed by atoms with Gasteiger partial charge in [-0.25, -0.2) is 0 Å². The maximum absolute atomic E-state index is 5.92. The van der Waals surface area contributed by atoms with Crippen molar-refractivity contribution < 1.29 is 4.74 Å². The van der Waals surface area contributed by atoms with Gasteiger partial charge in [0.15, 0.2) is 0 Å². The van der Waals surface area contributed by atoms with Crippen LogP contribution in [-0.4, -0.2) is 25.3 Å². The quantitative estimate of drug-likeness (QED) is 0.777. The second-order valence-electron chi connectivity index (χ2n) is 5.80. The van der Waals surface area contributed by atoms with Crippen molar-refractivity contribution >= 4 is 11.3 Å². The molecule has 114 valence electrons. The Balaban J connectivity index is 1.87. The molecule has 0 aliphatic carbocycles. The Kier molecular flexibility index (Phi) is 7.05. The molecule has 2 atom stereocenters. The van der Waals surface area contributed by atoms with E-state index in [2.05, 4.69) is 31.3 Å². The Labute approximate surface area is 127 Å². The van der Waals surface area contributed by atoms with Gasteiger partial charge < -0.3 is 10.1 Å².